The van der Waals surface area contributed by atoms with Crippen LogP contribution in [0, 0.1) is 0 Å². The minimum absolute atomic E-state index is 0.632. The number of aromatic nitrogens is 6. The van der Waals surface area contributed by atoms with Crippen molar-refractivity contribution in [1.29, 1.82) is 0 Å². The van der Waals surface area contributed by atoms with Crippen molar-refractivity contribution in [3.8, 4) is 56.7 Å². The van der Waals surface area contributed by atoms with Gasteiger partial charge in [-0.2, -0.15) is 0 Å². The summed E-state index contributed by atoms with van der Waals surface area (Å²) in [6.07, 6.45) is 2.39. The zero-order valence-electron chi connectivity index (χ0n) is 58.1. The van der Waals surface area contributed by atoms with Crippen LogP contribution in [0.1, 0.15) is 23.6 Å². The molecule has 0 amide bonds. The van der Waals surface area contributed by atoms with Crippen molar-refractivity contribution in [2.75, 3.05) is 0 Å². The highest BCUT2D eigenvalue weighted by molar-refractivity contribution is 6.45. The highest BCUT2D eigenvalue weighted by Gasteiger charge is 2.29. The van der Waals surface area contributed by atoms with Crippen LogP contribution in [-0.4, -0.2) is 29.1 Å². The first-order chi connectivity index (χ1) is 52.6. The number of hydrogen-bond donors (Lipinski definition) is 0. The normalized spacial score (nSPS) is 12.1. The number of nitrogens with zero attached hydrogens (tertiary/aromatic N) is 6. The molecule has 494 valence electrons. The van der Waals surface area contributed by atoms with Gasteiger partial charge in [-0.1, -0.05) is 304 Å². The molecule has 0 aliphatic carbocycles. The van der Waals surface area contributed by atoms with Crippen molar-refractivity contribution in [3.05, 3.63) is 350 Å². The molecule has 4 heterocycles. The lowest BCUT2D eigenvalue weighted by atomic mass is 9.86. The standard InChI is InChI=1S/C100H64N6/c1-2-61-27-12-13-35-68(61)96-88-64(34-26-46-85(88)102-100(104-96)106-87-48-25-21-43-79(87)93-91-74-41-19-15-37-70(74)69-36-14-17-39-72(69)89(91)76-55-52-66(58-82(76)97(93)106)62-28-6-3-7-29-62)51-49-60-50-54-75-81(57-60)71-38-16-18-40-73(71)90-77-56-53-67(63-30-8-4-9-31-63)59-83(77)98-94(92(75)90)80-44-22-24-47-86(80)105(98)99-101-84-45-23-20-42-78(84)95(103-99)65-32-10-5-11-33-65/h3-48,50,52-59H,2,49,51H2,1H3. The lowest BCUT2D eigenvalue weighted by molar-refractivity contribution is 0.965. The Morgan fingerprint density at radius 2 is 0.651 bits per heavy atom. The molecule has 22 rings (SSSR count). The maximum atomic E-state index is 6.00. The smallest absolute Gasteiger partial charge is 0.235 e. The molecule has 6 nitrogen and oxygen atoms in total. The van der Waals surface area contributed by atoms with Gasteiger partial charge in [-0.15, -0.1) is 0 Å². The van der Waals surface area contributed by atoms with E-state index in [1.54, 1.807) is 0 Å². The molecule has 106 heavy (non-hydrogen) atoms. The lowest BCUT2D eigenvalue weighted by Gasteiger charge is -2.18. The van der Waals surface area contributed by atoms with Gasteiger partial charge in [0.2, 0.25) is 11.9 Å². The third kappa shape index (κ3) is 8.98. The second-order valence-corrected chi connectivity index (χ2v) is 28.4. The van der Waals surface area contributed by atoms with Crippen LogP contribution < -0.4 is 0 Å². The summed E-state index contributed by atoms with van der Waals surface area (Å²) in [6, 6.07) is 122. The zero-order valence-corrected chi connectivity index (χ0v) is 58.1. The van der Waals surface area contributed by atoms with Crippen LogP contribution in [0.5, 0.6) is 0 Å². The largest absolute Gasteiger partial charge is 0.277 e. The van der Waals surface area contributed by atoms with Crippen molar-refractivity contribution in [1.82, 2.24) is 29.1 Å². The molecule has 0 saturated heterocycles. The van der Waals surface area contributed by atoms with Gasteiger partial charge in [0.1, 0.15) is 0 Å². The summed E-state index contributed by atoms with van der Waals surface area (Å²) in [5, 5.41) is 26.2. The molecule has 0 bridgehead atoms. The van der Waals surface area contributed by atoms with Crippen molar-refractivity contribution < 1.29 is 0 Å². The second-order valence-electron chi connectivity index (χ2n) is 28.4. The van der Waals surface area contributed by atoms with Gasteiger partial charge in [-0.3, -0.25) is 9.13 Å². The van der Waals surface area contributed by atoms with E-state index in [0.29, 0.717) is 11.9 Å². The van der Waals surface area contributed by atoms with Crippen molar-refractivity contribution in [3.63, 3.8) is 0 Å². The number of benzene rings is 18. The van der Waals surface area contributed by atoms with Gasteiger partial charge in [0, 0.05) is 65.0 Å². The molecule has 18 aromatic carbocycles. The summed E-state index contributed by atoms with van der Waals surface area (Å²) in [5.74, 6) is 1.28. The highest BCUT2D eigenvalue weighted by atomic mass is 15.2. The summed E-state index contributed by atoms with van der Waals surface area (Å²) >= 11 is 0. The van der Waals surface area contributed by atoms with Crippen LogP contribution in [0.15, 0.2) is 334 Å². The van der Waals surface area contributed by atoms with Crippen LogP contribution in [0.25, 0.3) is 208 Å². The highest BCUT2D eigenvalue weighted by Crippen LogP contribution is 2.52. The number of aryl methyl sites for hydroxylation is 3. The summed E-state index contributed by atoms with van der Waals surface area (Å²) in [5.41, 5.74) is 18.4. The van der Waals surface area contributed by atoms with Gasteiger partial charge in [0.05, 0.1) is 44.5 Å². The Labute approximate surface area is 610 Å². The number of rotatable bonds is 10. The molecule has 0 radical (unpaired) electrons. The average Bonchev–Trinajstić information content (AvgIpc) is 1.48. The first-order valence-corrected chi connectivity index (χ1v) is 36.9. The summed E-state index contributed by atoms with van der Waals surface area (Å²) in [4.78, 5) is 23.0. The van der Waals surface area contributed by atoms with Gasteiger partial charge < -0.3 is 0 Å². The van der Waals surface area contributed by atoms with Crippen LogP contribution >= 0.6 is 0 Å². The summed E-state index contributed by atoms with van der Waals surface area (Å²) in [6.45, 7) is 2.26. The second kappa shape index (κ2) is 23.7. The third-order valence-electron chi connectivity index (χ3n) is 22.7. The Morgan fingerprint density at radius 1 is 0.236 bits per heavy atom. The van der Waals surface area contributed by atoms with Crippen LogP contribution in [0.2, 0.25) is 0 Å². The number of fused-ring (bicyclic) bond motifs is 28. The molecular weight excluding hydrogens is 1290 g/mol. The molecule has 0 N–H and O–H groups in total. The quantitative estimate of drug-likeness (QED) is 0.128. The van der Waals surface area contributed by atoms with E-state index in [2.05, 4.69) is 350 Å². The molecule has 6 heteroatoms. The van der Waals surface area contributed by atoms with Crippen LogP contribution in [0.3, 0.4) is 0 Å². The molecule has 0 atom stereocenters. The van der Waals surface area contributed by atoms with Gasteiger partial charge in [0.25, 0.3) is 0 Å². The summed E-state index contributed by atoms with van der Waals surface area (Å²) in [7, 11) is 0. The zero-order chi connectivity index (χ0) is 69.7. The van der Waals surface area contributed by atoms with E-state index in [4.69, 9.17) is 19.9 Å². The monoisotopic (exact) mass is 1350 g/mol. The fraction of sp³-hybridized carbons (Fsp3) is 0.0400. The minimum Gasteiger partial charge on any atom is -0.277 e. The Hall–Kier alpha value is -13.7. The van der Waals surface area contributed by atoms with E-state index in [-0.39, 0.29) is 0 Å². The van der Waals surface area contributed by atoms with Crippen molar-refractivity contribution >= 4 is 152 Å². The SMILES string of the molecule is CCc1ccccc1-c1nc(-n2c3ccccc3c3c4c5ccccc5c5ccccc5c4c4ccc(-c5ccccc5)cc4c32)nc2cccc(CCc3ccc4c(c3)c3ccccc3c3c5ccc(-c6ccccc6)cc5c5c(c6ccccc6n5-c5nc(-c6ccccc6)c6ccccc6n5)c43)c12. The van der Waals surface area contributed by atoms with E-state index in [9.17, 15) is 0 Å². The molecule has 0 aliphatic heterocycles. The fourth-order valence-corrected chi connectivity index (χ4v) is 18.1. The Balaban J connectivity index is 0.759. The predicted molar refractivity (Wildman–Crippen MR) is 446 cm³/mol. The molecule has 0 fully saturated rings. The molecular formula is C100H64N6. The van der Waals surface area contributed by atoms with Gasteiger partial charge in [-0.25, -0.2) is 19.9 Å². The first kappa shape index (κ1) is 60.0. The van der Waals surface area contributed by atoms with Crippen LogP contribution in [-0.2, 0) is 19.3 Å². The molecule has 0 spiro atoms. The molecule has 0 aliphatic rings. The Morgan fingerprint density at radius 3 is 1.23 bits per heavy atom. The minimum atomic E-state index is 0.632. The lowest BCUT2D eigenvalue weighted by Crippen LogP contribution is -2.06. The van der Waals surface area contributed by atoms with Gasteiger partial charge >= 0.3 is 0 Å². The van der Waals surface area contributed by atoms with E-state index >= 15 is 0 Å². The number of para-hydroxylation sites is 3. The topological polar surface area (TPSA) is 61.4 Å². The Kier molecular flexibility index (Phi) is 13.4. The van der Waals surface area contributed by atoms with E-state index < -0.39 is 0 Å². The Bertz CT molecular complexity index is 7480. The van der Waals surface area contributed by atoms with Gasteiger partial charge in [0.15, 0.2) is 0 Å². The maximum Gasteiger partial charge on any atom is 0.235 e. The summed E-state index contributed by atoms with van der Waals surface area (Å²) < 4.78 is 4.75. The molecule has 0 saturated carbocycles. The molecule has 4 aromatic heterocycles. The van der Waals surface area contributed by atoms with Crippen molar-refractivity contribution in [2.24, 2.45) is 0 Å². The molecule has 22 aromatic rings. The molecule has 0 unspecified atom stereocenters. The fourth-order valence-electron chi connectivity index (χ4n) is 18.1. The van der Waals surface area contributed by atoms with E-state index in [1.807, 2.05) is 0 Å². The third-order valence-corrected chi connectivity index (χ3v) is 22.7. The van der Waals surface area contributed by atoms with Crippen LogP contribution in [0.4, 0.5) is 0 Å². The maximum absolute atomic E-state index is 6.00. The van der Waals surface area contributed by atoms with Gasteiger partial charge in [-0.05, 0) is 159 Å². The predicted octanol–water partition coefficient (Wildman–Crippen LogP) is 26.0. The van der Waals surface area contributed by atoms with Crippen molar-refractivity contribution in [2.45, 2.75) is 26.2 Å². The number of hydrogen-bond acceptors (Lipinski definition) is 4. The van der Waals surface area contributed by atoms with E-state index in [0.717, 1.165) is 124 Å². The van der Waals surface area contributed by atoms with E-state index in [1.165, 1.54) is 108 Å². The average molecular weight is 1350 g/mol. The first-order valence-electron chi connectivity index (χ1n) is 36.9.